The maximum Gasteiger partial charge on any atom is 0.186 e. The van der Waals surface area contributed by atoms with Crippen molar-refractivity contribution in [1.29, 1.82) is 0 Å². The van der Waals surface area contributed by atoms with Crippen LogP contribution in [-0.4, -0.2) is 35.6 Å². The van der Waals surface area contributed by atoms with Crippen LogP contribution in [0.3, 0.4) is 0 Å². The molecule has 1 saturated carbocycles. The lowest BCUT2D eigenvalue weighted by molar-refractivity contribution is 0.339. The molecule has 0 radical (unpaired) electrons. The summed E-state index contributed by atoms with van der Waals surface area (Å²) in [5.41, 5.74) is 0.415. The van der Waals surface area contributed by atoms with Gasteiger partial charge in [0.25, 0.3) is 0 Å². The first-order chi connectivity index (χ1) is 9.13. The van der Waals surface area contributed by atoms with Crippen LogP contribution in [0, 0.1) is 12.7 Å². The molecule has 1 fully saturated rings. The number of anilines is 1. The molecule has 2 rings (SSSR count). The highest BCUT2D eigenvalue weighted by atomic mass is 19.1. The van der Waals surface area contributed by atoms with Gasteiger partial charge in [-0.25, -0.2) is 14.4 Å². The summed E-state index contributed by atoms with van der Waals surface area (Å²) in [4.78, 5) is 9.95. The summed E-state index contributed by atoms with van der Waals surface area (Å²) < 4.78 is 14.0. The van der Waals surface area contributed by atoms with Crippen LogP contribution < -0.4 is 10.2 Å². The lowest BCUT2D eigenvalue weighted by Gasteiger charge is -2.35. The Hall–Kier alpha value is -1.23. The molecule has 1 aromatic heterocycles. The van der Waals surface area contributed by atoms with Gasteiger partial charge in [-0.15, -0.1) is 0 Å². The van der Waals surface area contributed by atoms with Crippen molar-refractivity contribution in [3.63, 3.8) is 0 Å². The van der Waals surface area contributed by atoms with E-state index in [-0.39, 0.29) is 5.82 Å². The van der Waals surface area contributed by atoms with E-state index >= 15 is 0 Å². The van der Waals surface area contributed by atoms with Crippen LogP contribution in [0.15, 0.2) is 6.33 Å². The van der Waals surface area contributed by atoms with Crippen LogP contribution >= 0.6 is 0 Å². The molecule has 4 nitrogen and oxygen atoms in total. The molecule has 1 aromatic rings. The molecule has 0 aromatic carbocycles. The van der Waals surface area contributed by atoms with Crippen molar-refractivity contribution >= 4 is 5.82 Å². The second kappa shape index (κ2) is 6.28. The van der Waals surface area contributed by atoms with E-state index < -0.39 is 0 Å². The highest BCUT2D eigenvalue weighted by Crippen LogP contribution is 2.27. The first-order valence-electron chi connectivity index (χ1n) is 7.06. The van der Waals surface area contributed by atoms with Crippen LogP contribution in [0.25, 0.3) is 0 Å². The largest absolute Gasteiger partial charge is 0.354 e. The van der Waals surface area contributed by atoms with E-state index in [2.05, 4.69) is 22.2 Å². The minimum absolute atomic E-state index is 0.293. The summed E-state index contributed by atoms with van der Waals surface area (Å²) in [5, 5.41) is 3.49. The summed E-state index contributed by atoms with van der Waals surface area (Å²) in [6.07, 6.45) is 5.89. The Morgan fingerprint density at radius 3 is 2.63 bits per heavy atom. The standard InChI is InChI=1S/C14H23FN4/c1-4-16-11-5-7-12(8-6-11)19(3)14-13(15)10(2)17-9-18-14/h9,11-12,16H,4-8H2,1-3H3. The second-order valence-corrected chi connectivity index (χ2v) is 5.27. The molecule has 1 aliphatic rings. The van der Waals surface area contributed by atoms with E-state index in [1.165, 1.54) is 6.33 Å². The van der Waals surface area contributed by atoms with E-state index in [1.807, 2.05) is 11.9 Å². The minimum atomic E-state index is -0.293. The SMILES string of the molecule is CCNC1CCC(N(C)c2ncnc(C)c2F)CC1. The fourth-order valence-electron chi connectivity index (χ4n) is 2.82. The normalized spacial score (nSPS) is 23.4. The number of nitrogens with zero attached hydrogens (tertiary/aromatic N) is 3. The molecule has 0 bridgehead atoms. The first kappa shape index (κ1) is 14.2. The van der Waals surface area contributed by atoms with Crippen LogP contribution in [0.4, 0.5) is 10.2 Å². The van der Waals surface area contributed by atoms with E-state index in [4.69, 9.17) is 0 Å². The molecule has 0 amide bonds. The number of aromatic nitrogens is 2. The number of rotatable bonds is 4. The van der Waals surface area contributed by atoms with Crippen LogP contribution in [-0.2, 0) is 0 Å². The summed E-state index contributed by atoms with van der Waals surface area (Å²) >= 11 is 0. The molecule has 1 heterocycles. The number of nitrogens with one attached hydrogen (secondary N) is 1. The summed E-state index contributed by atoms with van der Waals surface area (Å²) in [7, 11) is 1.93. The van der Waals surface area contributed by atoms with Crippen molar-refractivity contribution in [3.05, 3.63) is 17.8 Å². The van der Waals surface area contributed by atoms with E-state index in [0.717, 1.165) is 32.2 Å². The highest BCUT2D eigenvalue weighted by Gasteiger charge is 2.26. The molecule has 0 unspecified atom stereocenters. The summed E-state index contributed by atoms with van der Waals surface area (Å²) in [6.45, 7) is 4.83. The predicted molar refractivity (Wildman–Crippen MR) is 74.9 cm³/mol. The van der Waals surface area contributed by atoms with Gasteiger partial charge in [-0.2, -0.15) is 0 Å². The average Bonchev–Trinajstić information content (AvgIpc) is 2.42. The van der Waals surface area contributed by atoms with Crippen molar-refractivity contribution in [1.82, 2.24) is 15.3 Å². The third kappa shape index (κ3) is 3.21. The van der Waals surface area contributed by atoms with E-state index in [0.29, 0.717) is 23.6 Å². The maximum absolute atomic E-state index is 14.0. The first-order valence-corrected chi connectivity index (χ1v) is 7.06. The van der Waals surface area contributed by atoms with E-state index in [1.54, 1.807) is 6.92 Å². The van der Waals surface area contributed by atoms with Crippen molar-refractivity contribution in [2.24, 2.45) is 0 Å². The lowest BCUT2D eigenvalue weighted by atomic mass is 9.90. The number of aryl methyl sites for hydroxylation is 1. The van der Waals surface area contributed by atoms with Gasteiger partial charge >= 0.3 is 0 Å². The van der Waals surface area contributed by atoms with Crippen molar-refractivity contribution in [2.75, 3.05) is 18.5 Å². The Bertz CT molecular complexity index is 416. The van der Waals surface area contributed by atoms with Gasteiger partial charge in [0.1, 0.15) is 6.33 Å². The molecule has 0 saturated heterocycles. The second-order valence-electron chi connectivity index (χ2n) is 5.27. The molecule has 0 spiro atoms. The minimum Gasteiger partial charge on any atom is -0.354 e. The lowest BCUT2D eigenvalue weighted by Crippen LogP contribution is -2.41. The Balaban J connectivity index is 2.01. The molecule has 5 heteroatoms. The average molecular weight is 266 g/mol. The molecular formula is C14H23FN4. The van der Waals surface area contributed by atoms with Crippen LogP contribution in [0.2, 0.25) is 0 Å². The zero-order valence-electron chi connectivity index (χ0n) is 12.0. The molecule has 1 N–H and O–H groups in total. The fraction of sp³-hybridized carbons (Fsp3) is 0.714. The highest BCUT2D eigenvalue weighted by molar-refractivity contribution is 5.41. The number of halogens is 1. The number of hydrogen-bond donors (Lipinski definition) is 1. The Labute approximate surface area is 114 Å². The molecule has 0 atom stereocenters. The van der Waals surface area contributed by atoms with Crippen LogP contribution in [0.1, 0.15) is 38.3 Å². The Morgan fingerprint density at radius 1 is 1.32 bits per heavy atom. The molecule has 1 aliphatic carbocycles. The van der Waals surface area contributed by atoms with Gasteiger partial charge in [0.15, 0.2) is 11.6 Å². The smallest absolute Gasteiger partial charge is 0.186 e. The fourth-order valence-corrected chi connectivity index (χ4v) is 2.82. The Morgan fingerprint density at radius 2 is 2.00 bits per heavy atom. The molecule has 106 valence electrons. The van der Waals surface area contributed by atoms with Crippen molar-refractivity contribution in [2.45, 2.75) is 51.6 Å². The summed E-state index contributed by atoms with van der Waals surface area (Å²) in [5.74, 6) is 0.137. The van der Waals surface area contributed by atoms with Gasteiger partial charge in [-0.1, -0.05) is 6.92 Å². The Kier molecular flexibility index (Phi) is 4.69. The van der Waals surface area contributed by atoms with Crippen molar-refractivity contribution < 1.29 is 4.39 Å². The third-order valence-electron chi connectivity index (χ3n) is 4.02. The van der Waals surface area contributed by atoms with Crippen molar-refractivity contribution in [3.8, 4) is 0 Å². The number of hydrogen-bond acceptors (Lipinski definition) is 4. The van der Waals surface area contributed by atoms with Gasteiger partial charge in [0, 0.05) is 19.1 Å². The third-order valence-corrected chi connectivity index (χ3v) is 4.02. The predicted octanol–water partition coefficient (Wildman–Crippen LogP) is 2.28. The molecule has 19 heavy (non-hydrogen) atoms. The van der Waals surface area contributed by atoms with Gasteiger partial charge in [-0.3, -0.25) is 0 Å². The molecule has 0 aliphatic heterocycles. The molecular weight excluding hydrogens is 243 g/mol. The zero-order valence-corrected chi connectivity index (χ0v) is 12.0. The maximum atomic E-state index is 14.0. The summed E-state index contributed by atoms with van der Waals surface area (Å²) in [6, 6.07) is 0.991. The van der Waals surface area contributed by atoms with Gasteiger partial charge in [0.05, 0.1) is 5.69 Å². The van der Waals surface area contributed by atoms with Crippen LogP contribution in [0.5, 0.6) is 0 Å². The van der Waals surface area contributed by atoms with Gasteiger partial charge in [-0.05, 0) is 39.2 Å². The quantitative estimate of drug-likeness (QED) is 0.907. The topological polar surface area (TPSA) is 41.0 Å². The van der Waals surface area contributed by atoms with Gasteiger partial charge in [0.2, 0.25) is 0 Å². The van der Waals surface area contributed by atoms with E-state index in [9.17, 15) is 4.39 Å². The van der Waals surface area contributed by atoms with Gasteiger partial charge < -0.3 is 10.2 Å². The zero-order chi connectivity index (χ0) is 13.8. The monoisotopic (exact) mass is 266 g/mol.